The fourth-order valence-electron chi connectivity index (χ4n) is 12.1. The van der Waals surface area contributed by atoms with Crippen LogP contribution in [-0.2, 0) is 71.6 Å². The van der Waals surface area contributed by atoms with Crippen molar-refractivity contribution < 1.29 is 118 Å². The van der Waals surface area contributed by atoms with Crippen LogP contribution in [0.5, 0.6) is 0 Å². The maximum atomic E-state index is 14.4. The zero-order chi connectivity index (χ0) is 74.5. The van der Waals surface area contributed by atoms with Crippen LogP contribution >= 0.6 is 0 Å². The third-order valence-electron chi connectivity index (χ3n) is 18.4. The number of unbranched alkanes of at least 4 members (excludes halogenated alkanes) is 10. The molecular weight excluding hydrogens is 1320 g/mol. The number of nitrogens with one attached hydrogen (secondary N) is 6. The van der Waals surface area contributed by atoms with Crippen LogP contribution in [0.4, 0.5) is 0 Å². The van der Waals surface area contributed by atoms with Gasteiger partial charge in [0.05, 0.1) is 51.2 Å². The molecule has 3 fully saturated rings. The molecule has 584 valence electrons. The standard InChI is InChI=1S/C70H125N7O24/c1-5-6-24-49(82)26-22-32-59(88)73-34-17-14-27-51(52(84)28-15-18-35-72-57(86)29-10-7-19-38-96-68-46(2)62(90)64(92)53(43-78)99-68)77(42-60(89)75-37-23-36-74-58(87)31-11-8-20-39-97-69-47(3)63(91)65(93)54(44-79)100-69)41-50(83)25-13-16-33-71-56(85)30-12-9-21-40-98-70-61(76-48(4)81)67(95)66(94)55(45-80)101-70/h46-47,51,53-55,61-70,78-80,90-95H,5-45H2,1-4H3,(H,71,85)(H,72,86)(H,73,88)(H,74,87)(H,75,89)(H,76,81)/t46?,47?,51?,53?,54?,55?,61?,62-,63-,64+,65+,66+,67-,68-,69-,70-/m1/s1. The zero-order valence-electron chi connectivity index (χ0n) is 60.3. The lowest BCUT2D eigenvalue weighted by Gasteiger charge is -2.42. The third-order valence-corrected chi connectivity index (χ3v) is 18.4. The first-order valence-electron chi connectivity index (χ1n) is 37.1. The second-order valence-corrected chi connectivity index (χ2v) is 27.0. The Bertz CT molecular complexity index is 2380. The van der Waals surface area contributed by atoms with E-state index < -0.39 is 129 Å². The minimum absolute atomic E-state index is 0.0789. The number of carbonyl (C=O) groups excluding carboxylic acids is 9. The molecule has 0 bridgehead atoms. The van der Waals surface area contributed by atoms with Crippen molar-refractivity contribution in [3.05, 3.63) is 0 Å². The molecule has 7 unspecified atom stereocenters. The second kappa shape index (κ2) is 53.0. The van der Waals surface area contributed by atoms with E-state index in [2.05, 4.69) is 31.9 Å². The molecular formula is C70H125N7O24. The van der Waals surface area contributed by atoms with Crippen molar-refractivity contribution in [1.29, 1.82) is 0 Å². The van der Waals surface area contributed by atoms with Crippen molar-refractivity contribution in [1.82, 2.24) is 36.8 Å². The summed E-state index contributed by atoms with van der Waals surface area (Å²) in [6.07, 6.45) is -0.717. The van der Waals surface area contributed by atoms with Gasteiger partial charge in [-0.15, -0.1) is 0 Å². The summed E-state index contributed by atoms with van der Waals surface area (Å²) in [5, 5.41) is 107. The molecule has 31 nitrogen and oxygen atoms in total. The molecule has 0 aromatic heterocycles. The van der Waals surface area contributed by atoms with E-state index in [1.807, 2.05) is 6.92 Å². The molecule has 3 saturated heterocycles. The summed E-state index contributed by atoms with van der Waals surface area (Å²) in [5.41, 5.74) is 0. The summed E-state index contributed by atoms with van der Waals surface area (Å²) in [4.78, 5) is 119. The van der Waals surface area contributed by atoms with Gasteiger partial charge in [-0.2, -0.15) is 0 Å². The van der Waals surface area contributed by atoms with Gasteiger partial charge in [-0.3, -0.25) is 48.1 Å². The normalized spacial score (nSPS) is 25.4. The van der Waals surface area contributed by atoms with Crippen LogP contribution < -0.4 is 31.9 Å². The summed E-state index contributed by atoms with van der Waals surface area (Å²) >= 11 is 0. The van der Waals surface area contributed by atoms with Gasteiger partial charge >= 0.3 is 0 Å². The highest BCUT2D eigenvalue weighted by molar-refractivity contribution is 5.88. The van der Waals surface area contributed by atoms with Crippen LogP contribution in [0, 0.1) is 11.8 Å². The minimum Gasteiger partial charge on any atom is -0.394 e. The molecule has 0 saturated carbocycles. The molecule has 0 aromatic rings. The first kappa shape index (κ1) is 90.4. The summed E-state index contributed by atoms with van der Waals surface area (Å²) < 4.78 is 34.1. The van der Waals surface area contributed by atoms with Gasteiger partial charge in [0.2, 0.25) is 35.4 Å². The number of Topliss-reactive ketones (excluding diaryl/α,β-unsaturated/α-hetero) is 3. The van der Waals surface area contributed by atoms with Gasteiger partial charge in [0, 0.05) is 123 Å². The number of hydrogen-bond donors (Lipinski definition) is 15. The number of hydrogen-bond acceptors (Lipinski definition) is 25. The molecule has 3 heterocycles. The molecule has 6 amide bonds. The Morgan fingerprint density at radius 2 is 0.772 bits per heavy atom. The predicted molar refractivity (Wildman–Crippen MR) is 367 cm³/mol. The molecule has 31 heteroatoms. The lowest BCUT2D eigenvalue weighted by atomic mass is 9.92. The first-order chi connectivity index (χ1) is 48.5. The minimum atomic E-state index is -1.44. The predicted octanol–water partition coefficient (Wildman–Crippen LogP) is 0.0317. The SMILES string of the molecule is CCCCC(=O)CCCC(=O)NCCCCC(C(=O)CCCCNC(=O)CCCCCO[C@@H]1OC(CO)[C@H](O)[C@H](O)C1C)N(CC(=O)CCCCNC(=O)CCCCCO[C@@H]1OC(CO)[C@H](O)[C@H](O)C1NC(C)=O)CC(=O)NCCCNC(=O)CCCCCO[C@@H]1OC(CO)[C@H](O)[C@H](O)C1C. The van der Waals surface area contributed by atoms with Crippen LogP contribution in [0.25, 0.3) is 0 Å². The molecule has 0 radical (unpaired) electrons. The first-order valence-corrected chi connectivity index (χ1v) is 37.1. The smallest absolute Gasteiger partial charge is 0.234 e. The van der Waals surface area contributed by atoms with Crippen molar-refractivity contribution in [2.45, 2.75) is 293 Å². The van der Waals surface area contributed by atoms with E-state index in [1.54, 1.807) is 18.7 Å². The van der Waals surface area contributed by atoms with Crippen LogP contribution in [0.15, 0.2) is 0 Å². The average Bonchev–Trinajstić information content (AvgIpc) is 0.823. The average molecular weight is 1450 g/mol. The van der Waals surface area contributed by atoms with Crippen molar-refractivity contribution in [2.75, 3.05) is 85.5 Å². The van der Waals surface area contributed by atoms with Crippen molar-refractivity contribution in [2.24, 2.45) is 11.8 Å². The Morgan fingerprint density at radius 3 is 1.23 bits per heavy atom. The highest BCUT2D eigenvalue weighted by Crippen LogP contribution is 2.29. The van der Waals surface area contributed by atoms with Gasteiger partial charge in [0.15, 0.2) is 18.9 Å². The van der Waals surface area contributed by atoms with E-state index in [0.717, 1.165) is 12.8 Å². The Kier molecular flexibility index (Phi) is 47.5. The molecule has 0 aromatic carbocycles. The van der Waals surface area contributed by atoms with Crippen molar-refractivity contribution >= 4 is 52.8 Å². The van der Waals surface area contributed by atoms with Gasteiger partial charge in [-0.1, -0.05) is 46.5 Å². The van der Waals surface area contributed by atoms with E-state index in [-0.39, 0.29) is 132 Å². The van der Waals surface area contributed by atoms with Gasteiger partial charge < -0.3 is 106 Å². The van der Waals surface area contributed by atoms with E-state index >= 15 is 0 Å². The van der Waals surface area contributed by atoms with Gasteiger partial charge in [0.25, 0.3) is 0 Å². The molecule has 0 spiro atoms. The Morgan fingerprint density at radius 1 is 0.396 bits per heavy atom. The number of rotatable bonds is 57. The fraction of sp³-hybridized carbons (Fsp3) is 0.871. The summed E-state index contributed by atoms with van der Waals surface area (Å²) in [6.45, 7) is 6.62. The van der Waals surface area contributed by atoms with Crippen molar-refractivity contribution in [3.63, 3.8) is 0 Å². The van der Waals surface area contributed by atoms with Crippen LogP contribution in [0.1, 0.15) is 207 Å². The number of ketones is 3. The lowest BCUT2D eigenvalue weighted by Crippen LogP contribution is -2.64. The van der Waals surface area contributed by atoms with E-state index in [4.69, 9.17) is 28.4 Å². The summed E-state index contributed by atoms with van der Waals surface area (Å²) in [6, 6.07) is -1.94. The molecule has 0 aliphatic carbocycles. The quantitative estimate of drug-likeness (QED) is 0.0357. The molecule has 15 N–H and O–H groups in total. The number of carbonyl (C=O) groups is 9. The zero-order valence-corrected chi connectivity index (χ0v) is 60.3. The fourth-order valence-corrected chi connectivity index (χ4v) is 12.1. The summed E-state index contributed by atoms with van der Waals surface area (Å²) in [5.74, 6) is -3.00. The van der Waals surface area contributed by atoms with E-state index in [0.29, 0.717) is 142 Å². The number of nitrogens with zero attached hydrogens (tertiary/aromatic N) is 1. The van der Waals surface area contributed by atoms with Gasteiger partial charge in [-0.25, -0.2) is 0 Å². The lowest BCUT2D eigenvalue weighted by molar-refractivity contribution is -0.282. The highest BCUT2D eigenvalue weighted by Gasteiger charge is 2.46. The van der Waals surface area contributed by atoms with E-state index in [1.165, 1.54) is 6.92 Å². The largest absolute Gasteiger partial charge is 0.394 e. The monoisotopic (exact) mass is 1450 g/mol. The molecule has 3 rings (SSSR count). The highest BCUT2D eigenvalue weighted by atomic mass is 16.7. The second-order valence-electron chi connectivity index (χ2n) is 27.0. The Labute approximate surface area is 595 Å². The van der Waals surface area contributed by atoms with Crippen LogP contribution in [0.2, 0.25) is 0 Å². The van der Waals surface area contributed by atoms with Crippen LogP contribution in [-0.4, -0.2) is 275 Å². The topological polar surface area (TPSA) is 466 Å². The van der Waals surface area contributed by atoms with Crippen molar-refractivity contribution in [3.8, 4) is 0 Å². The number of aliphatic hydroxyl groups excluding tert-OH is 9. The molecule has 3 aliphatic heterocycles. The maximum Gasteiger partial charge on any atom is 0.234 e. The molecule has 16 atom stereocenters. The maximum absolute atomic E-state index is 14.4. The van der Waals surface area contributed by atoms with Crippen LogP contribution in [0.3, 0.4) is 0 Å². The Balaban J connectivity index is 1.57. The number of aliphatic hydroxyl groups is 9. The molecule has 101 heavy (non-hydrogen) atoms. The Hall–Kier alpha value is -4.81. The number of ether oxygens (including phenoxy) is 6. The van der Waals surface area contributed by atoms with Gasteiger partial charge in [-0.05, 0) is 103 Å². The molecule has 3 aliphatic rings. The summed E-state index contributed by atoms with van der Waals surface area (Å²) in [7, 11) is 0. The van der Waals surface area contributed by atoms with E-state index in [9.17, 15) is 89.1 Å². The number of amides is 6. The van der Waals surface area contributed by atoms with Gasteiger partial charge in [0.1, 0.15) is 66.1 Å². The third kappa shape index (κ3) is 36.6.